The van der Waals surface area contributed by atoms with Gasteiger partial charge in [-0.1, -0.05) is 12.7 Å². The van der Waals surface area contributed by atoms with Gasteiger partial charge in [-0.05, 0) is 31.0 Å². The van der Waals surface area contributed by atoms with Crippen molar-refractivity contribution < 1.29 is 19.1 Å². The third-order valence-electron chi connectivity index (χ3n) is 4.12. The molecule has 6 heteroatoms. The number of hydrogen-bond acceptors (Lipinski definition) is 6. The lowest BCUT2D eigenvalue weighted by Gasteiger charge is -2.22. The second kappa shape index (κ2) is 6.88. The van der Waals surface area contributed by atoms with Crippen molar-refractivity contribution >= 4 is 22.9 Å². The molecule has 1 aliphatic heterocycles. The van der Waals surface area contributed by atoms with E-state index in [1.54, 1.807) is 18.2 Å². The molecule has 1 aromatic carbocycles. The molecule has 3 rings (SSSR count). The molecule has 0 saturated carbocycles. The molecule has 0 N–H and O–H groups in total. The molecule has 2 heterocycles. The summed E-state index contributed by atoms with van der Waals surface area (Å²) in [5.74, 6) is 0.845. The predicted molar refractivity (Wildman–Crippen MR) is 90.8 cm³/mol. The van der Waals surface area contributed by atoms with Crippen LogP contribution in [-0.4, -0.2) is 42.8 Å². The highest BCUT2D eigenvalue weighted by atomic mass is 16.7. The number of hydroxylamine groups is 2. The van der Waals surface area contributed by atoms with E-state index in [0.29, 0.717) is 18.8 Å². The smallest absolute Gasteiger partial charge is 0.326 e. The number of ether oxygens (including phenoxy) is 2. The summed E-state index contributed by atoms with van der Waals surface area (Å²) in [6.45, 7) is 4.47. The number of hydrogen-bond donors (Lipinski definition) is 0. The van der Waals surface area contributed by atoms with Gasteiger partial charge in [0.05, 0.1) is 19.7 Å². The van der Waals surface area contributed by atoms with Gasteiger partial charge in [0.2, 0.25) is 5.88 Å². The van der Waals surface area contributed by atoms with Crippen LogP contribution in [0.15, 0.2) is 30.8 Å². The fourth-order valence-corrected chi connectivity index (χ4v) is 2.82. The number of esters is 1. The summed E-state index contributed by atoms with van der Waals surface area (Å²) in [5.41, 5.74) is 1.52. The van der Waals surface area contributed by atoms with Crippen molar-refractivity contribution in [1.82, 2.24) is 10.0 Å². The Hall–Kier alpha value is -2.60. The Morgan fingerprint density at radius 2 is 2.21 bits per heavy atom. The Morgan fingerprint density at radius 3 is 2.92 bits per heavy atom. The molecule has 24 heavy (non-hydrogen) atoms. The molecule has 1 atom stereocenters. The monoisotopic (exact) mass is 328 g/mol. The van der Waals surface area contributed by atoms with Gasteiger partial charge in [0.25, 0.3) is 0 Å². The highest BCUT2D eigenvalue weighted by Crippen LogP contribution is 2.28. The first kappa shape index (κ1) is 16.3. The van der Waals surface area contributed by atoms with E-state index in [4.69, 9.17) is 14.3 Å². The fraction of sp³-hybridized carbons (Fsp3) is 0.333. The summed E-state index contributed by atoms with van der Waals surface area (Å²) in [5, 5.41) is 2.59. The van der Waals surface area contributed by atoms with Crippen LogP contribution in [0, 0.1) is 0 Å². The van der Waals surface area contributed by atoms with Crippen LogP contribution in [0.3, 0.4) is 0 Å². The Morgan fingerprint density at radius 1 is 1.38 bits per heavy atom. The molecule has 126 valence electrons. The molecule has 0 unspecified atom stereocenters. The van der Waals surface area contributed by atoms with E-state index in [-0.39, 0.29) is 5.97 Å². The lowest BCUT2D eigenvalue weighted by molar-refractivity contribution is -0.158. The zero-order chi connectivity index (χ0) is 17.1. The van der Waals surface area contributed by atoms with Gasteiger partial charge in [0.1, 0.15) is 11.8 Å². The normalized spacial score (nSPS) is 17.7. The minimum atomic E-state index is -0.407. The number of aromatic nitrogens is 1. The summed E-state index contributed by atoms with van der Waals surface area (Å²) < 4.78 is 10.1. The van der Waals surface area contributed by atoms with Gasteiger partial charge in [-0.15, -0.1) is 5.06 Å². The molecule has 0 spiro atoms. The van der Waals surface area contributed by atoms with Gasteiger partial charge in [0.15, 0.2) is 0 Å². The number of carbonyl (C=O) groups is 1. The van der Waals surface area contributed by atoms with Crippen LogP contribution >= 0.6 is 0 Å². The summed E-state index contributed by atoms with van der Waals surface area (Å²) >= 11 is 0. The first-order valence-electron chi connectivity index (χ1n) is 7.80. The number of fused-ring (bicyclic) bond motifs is 1. The van der Waals surface area contributed by atoms with Crippen molar-refractivity contribution in [3.63, 3.8) is 0 Å². The summed E-state index contributed by atoms with van der Waals surface area (Å²) in [6.07, 6.45) is 3.26. The van der Waals surface area contributed by atoms with Gasteiger partial charge < -0.3 is 14.3 Å². The Balaban J connectivity index is 1.95. The number of pyridine rings is 1. The highest BCUT2D eigenvalue weighted by Gasteiger charge is 2.34. The van der Waals surface area contributed by atoms with Crippen molar-refractivity contribution in [2.24, 2.45) is 0 Å². The van der Waals surface area contributed by atoms with Crippen molar-refractivity contribution in [3.05, 3.63) is 36.4 Å². The van der Waals surface area contributed by atoms with E-state index in [2.05, 4.69) is 11.6 Å². The minimum absolute atomic E-state index is 0.296. The van der Waals surface area contributed by atoms with Crippen LogP contribution in [0.4, 0.5) is 0 Å². The zero-order valence-corrected chi connectivity index (χ0v) is 13.8. The topological polar surface area (TPSA) is 60.9 Å². The standard InChI is InChI=1S/C18H20N2O4/c1-4-12-10-13-7-8-14(22-2)11-15(13)19-17(12)24-20-9-5-6-16(20)18(21)23-3/h4,7-8,10-11,16H,1,5-6,9H2,2-3H3/t16-/m0/s1. The van der Waals surface area contributed by atoms with Crippen molar-refractivity contribution in [2.75, 3.05) is 20.8 Å². The zero-order valence-electron chi connectivity index (χ0n) is 13.8. The Labute approximate surface area is 140 Å². The van der Waals surface area contributed by atoms with E-state index in [1.807, 2.05) is 24.3 Å². The number of methoxy groups -OCH3 is 2. The summed E-state index contributed by atoms with van der Waals surface area (Å²) in [6, 6.07) is 7.20. The molecule has 0 aliphatic carbocycles. The van der Waals surface area contributed by atoms with Crippen LogP contribution < -0.4 is 9.57 Å². The van der Waals surface area contributed by atoms with Crippen LogP contribution in [-0.2, 0) is 9.53 Å². The SMILES string of the molecule is C=Cc1cc2ccc(OC)cc2nc1ON1CCC[C@H]1C(=O)OC. The van der Waals surface area contributed by atoms with Crippen LogP contribution in [0.2, 0.25) is 0 Å². The lowest BCUT2D eigenvalue weighted by Crippen LogP contribution is -2.39. The molecule has 1 saturated heterocycles. The predicted octanol–water partition coefficient (Wildman–Crippen LogP) is 2.82. The summed E-state index contributed by atoms with van der Waals surface area (Å²) in [4.78, 5) is 22.4. The highest BCUT2D eigenvalue weighted by molar-refractivity contribution is 5.83. The summed E-state index contributed by atoms with van der Waals surface area (Å²) in [7, 11) is 3.00. The number of benzene rings is 1. The Bertz CT molecular complexity index is 775. The molecule has 2 aromatic rings. The van der Waals surface area contributed by atoms with Gasteiger partial charge in [-0.2, -0.15) is 0 Å². The van der Waals surface area contributed by atoms with Crippen LogP contribution in [0.25, 0.3) is 17.0 Å². The fourth-order valence-electron chi connectivity index (χ4n) is 2.82. The molecule has 1 aromatic heterocycles. The minimum Gasteiger partial charge on any atom is -0.497 e. The molecule has 1 fully saturated rings. The third kappa shape index (κ3) is 3.05. The van der Waals surface area contributed by atoms with Crippen molar-refractivity contribution in [1.29, 1.82) is 0 Å². The number of rotatable bonds is 5. The Kier molecular flexibility index (Phi) is 4.66. The molecule has 1 aliphatic rings. The number of carbonyl (C=O) groups excluding carboxylic acids is 1. The van der Waals surface area contributed by atoms with E-state index >= 15 is 0 Å². The first-order valence-corrected chi connectivity index (χ1v) is 7.80. The van der Waals surface area contributed by atoms with Crippen molar-refractivity contribution in [3.8, 4) is 11.6 Å². The van der Waals surface area contributed by atoms with Crippen molar-refractivity contribution in [2.45, 2.75) is 18.9 Å². The van der Waals surface area contributed by atoms with E-state index in [1.165, 1.54) is 7.11 Å². The van der Waals surface area contributed by atoms with E-state index < -0.39 is 6.04 Å². The van der Waals surface area contributed by atoms with E-state index in [0.717, 1.165) is 28.6 Å². The van der Waals surface area contributed by atoms with Crippen LogP contribution in [0.5, 0.6) is 11.6 Å². The maximum absolute atomic E-state index is 11.9. The largest absolute Gasteiger partial charge is 0.497 e. The third-order valence-corrected chi connectivity index (χ3v) is 4.12. The van der Waals surface area contributed by atoms with Gasteiger partial charge in [-0.3, -0.25) is 4.79 Å². The van der Waals surface area contributed by atoms with E-state index in [9.17, 15) is 4.79 Å². The average Bonchev–Trinajstić information content (AvgIpc) is 3.08. The first-order chi connectivity index (χ1) is 11.7. The maximum atomic E-state index is 11.9. The molecular weight excluding hydrogens is 308 g/mol. The molecule has 0 bridgehead atoms. The molecule has 0 radical (unpaired) electrons. The van der Waals surface area contributed by atoms with Crippen LogP contribution in [0.1, 0.15) is 18.4 Å². The molecular formula is C18H20N2O4. The maximum Gasteiger partial charge on any atom is 0.326 e. The second-order valence-electron chi connectivity index (χ2n) is 5.56. The average molecular weight is 328 g/mol. The van der Waals surface area contributed by atoms with Gasteiger partial charge in [0, 0.05) is 23.6 Å². The molecule has 0 amide bonds. The lowest BCUT2D eigenvalue weighted by atomic mass is 10.1. The molecule has 6 nitrogen and oxygen atoms in total. The number of nitrogens with zero attached hydrogens (tertiary/aromatic N) is 2. The van der Waals surface area contributed by atoms with Gasteiger partial charge >= 0.3 is 5.97 Å². The van der Waals surface area contributed by atoms with Gasteiger partial charge in [-0.25, -0.2) is 4.98 Å². The second-order valence-corrected chi connectivity index (χ2v) is 5.56. The quantitative estimate of drug-likeness (QED) is 0.787.